The molecule has 4 heteroatoms. The van der Waals surface area contributed by atoms with E-state index in [1.807, 2.05) is 31.0 Å². The Bertz CT molecular complexity index is 456. The van der Waals surface area contributed by atoms with Crippen molar-refractivity contribution in [1.29, 1.82) is 0 Å². The zero-order valence-electron chi connectivity index (χ0n) is 8.98. The summed E-state index contributed by atoms with van der Waals surface area (Å²) >= 11 is 0. The monoisotopic (exact) mass is 223 g/mol. The van der Waals surface area contributed by atoms with Crippen LogP contribution in [0.3, 0.4) is 0 Å². The van der Waals surface area contributed by atoms with Gasteiger partial charge >= 0.3 is 0 Å². The summed E-state index contributed by atoms with van der Waals surface area (Å²) in [7, 11) is 0.870. The second-order valence-corrected chi connectivity index (χ2v) is 5.16. The van der Waals surface area contributed by atoms with E-state index in [1.54, 1.807) is 12.3 Å². The van der Waals surface area contributed by atoms with Crippen LogP contribution in [0.15, 0.2) is 23.1 Å². The normalized spacial score (nSPS) is 21.7. The van der Waals surface area contributed by atoms with Gasteiger partial charge in [0.25, 0.3) is 0 Å². The van der Waals surface area contributed by atoms with Crippen molar-refractivity contribution in [1.82, 2.24) is 0 Å². The molecule has 2 unspecified atom stereocenters. The summed E-state index contributed by atoms with van der Waals surface area (Å²) in [6.45, 7) is 1.88. The van der Waals surface area contributed by atoms with Crippen LogP contribution in [0, 0.1) is 0 Å². The SMILES string of the molecule is CC1C(=O)c2cc(S(C)=O)ccc2N1C. The highest BCUT2D eigenvalue weighted by molar-refractivity contribution is 7.84. The molecule has 1 aromatic rings. The van der Waals surface area contributed by atoms with Gasteiger partial charge in [0.15, 0.2) is 5.78 Å². The number of hydrogen-bond donors (Lipinski definition) is 0. The number of ketones is 1. The fourth-order valence-electron chi connectivity index (χ4n) is 1.81. The fraction of sp³-hybridized carbons (Fsp3) is 0.364. The van der Waals surface area contributed by atoms with Gasteiger partial charge in [-0.05, 0) is 25.1 Å². The smallest absolute Gasteiger partial charge is 0.187 e. The van der Waals surface area contributed by atoms with Crippen LogP contribution in [0.2, 0.25) is 0 Å². The van der Waals surface area contributed by atoms with Gasteiger partial charge in [0.2, 0.25) is 0 Å². The van der Waals surface area contributed by atoms with E-state index in [4.69, 9.17) is 0 Å². The lowest BCUT2D eigenvalue weighted by atomic mass is 10.1. The van der Waals surface area contributed by atoms with Gasteiger partial charge < -0.3 is 4.90 Å². The molecular formula is C11H13NO2S. The first-order valence-corrected chi connectivity index (χ1v) is 6.32. The van der Waals surface area contributed by atoms with Gasteiger partial charge in [0.1, 0.15) is 0 Å². The lowest BCUT2D eigenvalue weighted by Gasteiger charge is -2.16. The Morgan fingerprint density at radius 3 is 2.67 bits per heavy atom. The highest BCUT2D eigenvalue weighted by Gasteiger charge is 2.31. The highest BCUT2D eigenvalue weighted by atomic mass is 32.2. The first kappa shape index (κ1) is 10.4. The highest BCUT2D eigenvalue weighted by Crippen LogP contribution is 2.31. The molecule has 0 N–H and O–H groups in total. The van der Waals surface area contributed by atoms with Crippen molar-refractivity contribution in [2.45, 2.75) is 17.9 Å². The Labute approximate surface area is 91.5 Å². The maximum absolute atomic E-state index is 11.8. The molecule has 15 heavy (non-hydrogen) atoms. The molecule has 0 aromatic heterocycles. The summed E-state index contributed by atoms with van der Waals surface area (Å²) in [4.78, 5) is 14.5. The Hall–Kier alpha value is -1.16. The van der Waals surface area contributed by atoms with Crippen LogP contribution in [-0.2, 0) is 10.8 Å². The first-order valence-electron chi connectivity index (χ1n) is 4.77. The maximum Gasteiger partial charge on any atom is 0.187 e. The minimum absolute atomic E-state index is 0.111. The molecule has 0 spiro atoms. The van der Waals surface area contributed by atoms with E-state index in [0.717, 1.165) is 5.69 Å². The minimum Gasteiger partial charge on any atom is -0.364 e. The number of likely N-dealkylation sites (N-methyl/N-ethyl adjacent to an activating group) is 1. The molecule has 0 aliphatic carbocycles. The topological polar surface area (TPSA) is 37.4 Å². The van der Waals surface area contributed by atoms with Crippen LogP contribution in [-0.4, -0.2) is 29.3 Å². The van der Waals surface area contributed by atoms with Gasteiger partial charge in [-0.1, -0.05) is 0 Å². The number of nitrogens with zero attached hydrogens (tertiary/aromatic N) is 1. The first-order chi connectivity index (χ1) is 7.02. The van der Waals surface area contributed by atoms with Crippen molar-refractivity contribution in [3.63, 3.8) is 0 Å². The van der Waals surface area contributed by atoms with E-state index in [0.29, 0.717) is 10.5 Å². The largest absolute Gasteiger partial charge is 0.364 e. The zero-order chi connectivity index (χ0) is 11.2. The van der Waals surface area contributed by atoms with Gasteiger partial charge in [-0.25, -0.2) is 0 Å². The third-order valence-corrected chi connectivity index (χ3v) is 3.82. The summed E-state index contributed by atoms with van der Waals surface area (Å²) in [5.41, 5.74) is 1.62. The molecule has 0 amide bonds. The van der Waals surface area contributed by atoms with Gasteiger partial charge in [-0.15, -0.1) is 0 Å². The lowest BCUT2D eigenvalue weighted by molar-refractivity contribution is 0.0978. The van der Waals surface area contributed by atoms with Crippen molar-refractivity contribution in [2.75, 3.05) is 18.2 Å². The summed E-state index contributed by atoms with van der Waals surface area (Å²) in [6, 6.07) is 5.32. The Balaban J connectivity index is 2.56. The number of fused-ring (bicyclic) bond motifs is 1. The Morgan fingerprint density at radius 2 is 2.07 bits per heavy atom. The van der Waals surface area contributed by atoms with Crippen molar-refractivity contribution in [2.24, 2.45) is 0 Å². The van der Waals surface area contributed by atoms with E-state index in [9.17, 15) is 9.00 Å². The summed E-state index contributed by atoms with van der Waals surface area (Å²) in [5, 5.41) is 0. The number of benzene rings is 1. The number of anilines is 1. The van der Waals surface area contributed by atoms with Crippen LogP contribution in [0.4, 0.5) is 5.69 Å². The van der Waals surface area contributed by atoms with E-state index in [2.05, 4.69) is 0 Å². The van der Waals surface area contributed by atoms with Gasteiger partial charge in [-0.2, -0.15) is 0 Å². The van der Waals surface area contributed by atoms with Crippen LogP contribution >= 0.6 is 0 Å². The van der Waals surface area contributed by atoms with E-state index in [-0.39, 0.29) is 11.8 Å². The van der Waals surface area contributed by atoms with Crippen LogP contribution in [0.5, 0.6) is 0 Å². The number of carbonyl (C=O) groups is 1. The van der Waals surface area contributed by atoms with Crippen molar-refractivity contribution >= 4 is 22.3 Å². The van der Waals surface area contributed by atoms with Crippen LogP contribution < -0.4 is 4.90 Å². The molecule has 0 fully saturated rings. The average Bonchev–Trinajstić information content (AvgIpc) is 2.44. The molecule has 1 heterocycles. The molecule has 0 saturated carbocycles. The molecule has 1 aliphatic heterocycles. The van der Waals surface area contributed by atoms with Crippen molar-refractivity contribution in [3.05, 3.63) is 23.8 Å². The molecule has 1 aromatic carbocycles. The summed E-state index contributed by atoms with van der Waals surface area (Å²) in [6.07, 6.45) is 1.62. The Kier molecular flexibility index (Phi) is 2.38. The predicted octanol–water partition coefficient (Wildman–Crippen LogP) is 1.45. The number of carbonyl (C=O) groups excluding carboxylic acids is 1. The van der Waals surface area contributed by atoms with E-state index < -0.39 is 10.8 Å². The van der Waals surface area contributed by atoms with E-state index >= 15 is 0 Å². The van der Waals surface area contributed by atoms with Crippen molar-refractivity contribution < 1.29 is 9.00 Å². The lowest BCUT2D eigenvalue weighted by Crippen LogP contribution is -2.28. The van der Waals surface area contributed by atoms with E-state index in [1.165, 1.54) is 0 Å². The second kappa shape index (κ2) is 3.45. The van der Waals surface area contributed by atoms with Gasteiger partial charge in [0.05, 0.1) is 6.04 Å². The van der Waals surface area contributed by atoms with Gasteiger partial charge in [0, 0.05) is 40.2 Å². The van der Waals surface area contributed by atoms with Crippen LogP contribution in [0.25, 0.3) is 0 Å². The summed E-state index contributed by atoms with van der Waals surface area (Å²) in [5.74, 6) is 0.111. The Morgan fingerprint density at radius 1 is 1.40 bits per heavy atom. The molecule has 2 atom stereocenters. The summed E-state index contributed by atoms with van der Waals surface area (Å²) < 4.78 is 11.3. The standard InChI is InChI=1S/C11H13NO2S/c1-7-11(13)9-6-8(15(3)14)4-5-10(9)12(7)2/h4-7H,1-3H3. The van der Waals surface area contributed by atoms with Gasteiger partial charge in [-0.3, -0.25) is 9.00 Å². The molecule has 0 saturated heterocycles. The zero-order valence-corrected chi connectivity index (χ0v) is 9.80. The molecule has 3 nitrogen and oxygen atoms in total. The third-order valence-electron chi connectivity index (χ3n) is 2.91. The number of hydrogen-bond acceptors (Lipinski definition) is 3. The minimum atomic E-state index is -1.03. The fourth-order valence-corrected chi connectivity index (χ4v) is 2.35. The predicted molar refractivity (Wildman–Crippen MR) is 61.0 cm³/mol. The molecule has 1 aliphatic rings. The molecule has 0 radical (unpaired) electrons. The number of rotatable bonds is 1. The molecule has 80 valence electrons. The number of Topliss-reactive ketones (excluding diaryl/α,β-unsaturated/α-hetero) is 1. The molecular weight excluding hydrogens is 210 g/mol. The van der Waals surface area contributed by atoms with Crippen molar-refractivity contribution in [3.8, 4) is 0 Å². The second-order valence-electron chi connectivity index (χ2n) is 3.78. The molecule has 2 rings (SSSR count). The van der Waals surface area contributed by atoms with Crippen LogP contribution in [0.1, 0.15) is 17.3 Å². The average molecular weight is 223 g/mol. The third kappa shape index (κ3) is 1.49. The quantitative estimate of drug-likeness (QED) is 0.723. The molecule has 0 bridgehead atoms. The maximum atomic E-state index is 11.8.